The van der Waals surface area contributed by atoms with Crippen LogP contribution in [0.15, 0.2) is 78.2 Å². The monoisotopic (exact) mass is 468 g/mol. The number of fused-ring (bicyclic) bond motifs is 1. The number of thiazole rings is 1. The molecule has 3 aromatic carbocycles. The number of nitrogens with one attached hydrogen (secondary N) is 1. The summed E-state index contributed by atoms with van der Waals surface area (Å²) in [6.07, 6.45) is 1.73. The normalized spacial score (nSPS) is 11.1. The van der Waals surface area contributed by atoms with Crippen molar-refractivity contribution in [2.24, 2.45) is 0 Å². The van der Waals surface area contributed by atoms with E-state index in [-0.39, 0.29) is 5.91 Å². The predicted molar refractivity (Wildman–Crippen MR) is 141 cm³/mol. The minimum atomic E-state index is -0.0967. The number of aromatic nitrogens is 1. The summed E-state index contributed by atoms with van der Waals surface area (Å²) in [5.41, 5.74) is 6.75. The molecule has 5 heteroatoms. The zero-order chi connectivity index (χ0) is 22.8. The number of nitrogens with zero attached hydrogens (tertiary/aromatic N) is 1. The fraction of sp³-hybridized carbons (Fsp3) is 0.143. The van der Waals surface area contributed by atoms with Crippen LogP contribution >= 0.6 is 22.7 Å². The SMILES string of the molecule is CCc1ccc(-c2csc(NC(=O)c3sc4ccccc4c3Cc3ccc(C)cc3)n2)cc1. The zero-order valence-electron chi connectivity index (χ0n) is 18.6. The van der Waals surface area contributed by atoms with Gasteiger partial charge in [-0.15, -0.1) is 22.7 Å². The number of carbonyl (C=O) groups excluding carboxylic acids is 1. The Morgan fingerprint density at radius 3 is 2.42 bits per heavy atom. The third-order valence-corrected chi connectivity index (χ3v) is 7.76. The third kappa shape index (κ3) is 4.61. The molecule has 0 unspecified atom stereocenters. The second-order valence-corrected chi connectivity index (χ2v) is 10.0. The lowest BCUT2D eigenvalue weighted by Gasteiger charge is -2.06. The first-order valence-corrected chi connectivity index (χ1v) is 12.7. The Bertz CT molecular complexity index is 1410. The Morgan fingerprint density at radius 1 is 0.939 bits per heavy atom. The number of aryl methyl sites for hydroxylation is 2. The van der Waals surface area contributed by atoms with Crippen LogP contribution in [0.2, 0.25) is 0 Å². The molecule has 0 aliphatic rings. The highest BCUT2D eigenvalue weighted by Crippen LogP contribution is 2.34. The summed E-state index contributed by atoms with van der Waals surface area (Å²) >= 11 is 3.00. The summed E-state index contributed by atoms with van der Waals surface area (Å²) < 4.78 is 1.13. The molecule has 0 aliphatic heterocycles. The van der Waals surface area contributed by atoms with Gasteiger partial charge in [-0.25, -0.2) is 4.98 Å². The van der Waals surface area contributed by atoms with Gasteiger partial charge in [0, 0.05) is 15.6 Å². The lowest BCUT2D eigenvalue weighted by atomic mass is 10.0. The maximum absolute atomic E-state index is 13.3. The maximum Gasteiger partial charge on any atom is 0.267 e. The molecule has 0 atom stereocenters. The largest absolute Gasteiger partial charge is 0.297 e. The van der Waals surface area contributed by atoms with Gasteiger partial charge in [0.25, 0.3) is 5.91 Å². The van der Waals surface area contributed by atoms with Crippen LogP contribution in [-0.4, -0.2) is 10.9 Å². The average molecular weight is 469 g/mol. The molecule has 0 bridgehead atoms. The van der Waals surface area contributed by atoms with E-state index in [2.05, 4.69) is 84.8 Å². The second kappa shape index (κ2) is 9.30. The van der Waals surface area contributed by atoms with E-state index in [1.54, 1.807) is 11.3 Å². The Balaban J connectivity index is 1.42. The molecule has 0 radical (unpaired) electrons. The quantitative estimate of drug-likeness (QED) is 0.277. The molecule has 0 spiro atoms. The number of rotatable bonds is 6. The molecule has 164 valence electrons. The highest BCUT2D eigenvalue weighted by molar-refractivity contribution is 7.21. The van der Waals surface area contributed by atoms with Gasteiger partial charge in [0.15, 0.2) is 5.13 Å². The van der Waals surface area contributed by atoms with Crippen molar-refractivity contribution in [3.05, 3.63) is 105 Å². The van der Waals surface area contributed by atoms with Crippen LogP contribution in [0.1, 0.15) is 38.8 Å². The summed E-state index contributed by atoms with van der Waals surface area (Å²) in [6, 6.07) is 25.2. The Morgan fingerprint density at radius 2 is 1.67 bits per heavy atom. The summed E-state index contributed by atoms with van der Waals surface area (Å²) in [5, 5.41) is 6.80. The smallest absolute Gasteiger partial charge is 0.267 e. The van der Waals surface area contributed by atoms with Gasteiger partial charge < -0.3 is 0 Å². The van der Waals surface area contributed by atoms with Crippen molar-refractivity contribution in [1.29, 1.82) is 0 Å². The van der Waals surface area contributed by atoms with Crippen molar-refractivity contribution in [1.82, 2.24) is 4.98 Å². The van der Waals surface area contributed by atoms with E-state index < -0.39 is 0 Å². The summed E-state index contributed by atoms with van der Waals surface area (Å²) in [6.45, 7) is 4.23. The first-order chi connectivity index (χ1) is 16.1. The predicted octanol–water partition coefficient (Wildman–Crippen LogP) is 7.74. The van der Waals surface area contributed by atoms with Crippen molar-refractivity contribution < 1.29 is 4.79 Å². The highest BCUT2D eigenvalue weighted by atomic mass is 32.1. The minimum absolute atomic E-state index is 0.0967. The average Bonchev–Trinajstić information content (AvgIpc) is 3.46. The molecule has 1 N–H and O–H groups in total. The number of hydrogen-bond donors (Lipinski definition) is 1. The van der Waals surface area contributed by atoms with Crippen LogP contribution in [-0.2, 0) is 12.8 Å². The highest BCUT2D eigenvalue weighted by Gasteiger charge is 2.20. The molecule has 0 saturated heterocycles. The van der Waals surface area contributed by atoms with Gasteiger partial charge in [-0.1, -0.05) is 79.2 Å². The van der Waals surface area contributed by atoms with Gasteiger partial charge in [0.2, 0.25) is 0 Å². The Kier molecular flexibility index (Phi) is 6.07. The molecular formula is C28H24N2OS2. The number of amides is 1. The van der Waals surface area contributed by atoms with E-state index in [4.69, 9.17) is 0 Å². The van der Waals surface area contributed by atoms with Gasteiger partial charge >= 0.3 is 0 Å². The first kappa shape index (κ1) is 21.6. The van der Waals surface area contributed by atoms with Gasteiger partial charge in [0.1, 0.15) is 0 Å². The molecule has 5 rings (SSSR count). The Labute approximate surface area is 201 Å². The summed E-state index contributed by atoms with van der Waals surface area (Å²) in [5.74, 6) is -0.0967. The topological polar surface area (TPSA) is 42.0 Å². The second-order valence-electron chi connectivity index (χ2n) is 8.11. The Hall–Kier alpha value is -3.28. The molecular weight excluding hydrogens is 444 g/mol. The number of carbonyl (C=O) groups is 1. The van der Waals surface area contributed by atoms with Crippen LogP contribution in [0.25, 0.3) is 21.3 Å². The van der Waals surface area contributed by atoms with Crippen LogP contribution < -0.4 is 5.32 Å². The molecule has 3 nitrogen and oxygen atoms in total. The molecule has 0 aliphatic carbocycles. The molecule has 2 aromatic heterocycles. The van der Waals surface area contributed by atoms with E-state index in [0.717, 1.165) is 44.6 Å². The van der Waals surface area contributed by atoms with Gasteiger partial charge in [-0.05, 0) is 47.9 Å². The maximum atomic E-state index is 13.3. The fourth-order valence-electron chi connectivity index (χ4n) is 3.90. The van der Waals surface area contributed by atoms with Crippen LogP contribution in [0, 0.1) is 6.92 Å². The third-order valence-electron chi connectivity index (χ3n) is 5.79. The van der Waals surface area contributed by atoms with Crippen LogP contribution in [0.5, 0.6) is 0 Å². The zero-order valence-corrected chi connectivity index (χ0v) is 20.2. The van der Waals surface area contributed by atoms with E-state index in [1.807, 2.05) is 17.5 Å². The van der Waals surface area contributed by atoms with E-state index in [0.29, 0.717) is 5.13 Å². The first-order valence-electron chi connectivity index (χ1n) is 11.0. The van der Waals surface area contributed by atoms with Crippen molar-refractivity contribution >= 4 is 43.8 Å². The van der Waals surface area contributed by atoms with E-state index in [1.165, 1.54) is 28.0 Å². The van der Waals surface area contributed by atoms with Crippen LogP contribution in [0.3, 0.4) is 0 Å². The molecule has 2 heterocycles. The van der Waals surface area contributed by atoms with E-state index in [9.17, 15) is 4.79 Å². The molecule has 1 amide bonds. The molecule has 0 fully saturated rings. The van der Waals surface area contributed by atoms with Gasteiger partial charge in [-0.2, -0.15) is 0 Å². The molecule has 0 saturated carbocycles. The molecule has 33 heavy (non-hydrogen) atoms. The van der Waals surface area contributed by atoms with Crippen molar-refractivity contribution in [2.45, 2.75) is 26.7 Å². The van der Waals surface area contributed by atoms with Crippen molar-refractivity contribution in [3.63, 3.8) is 0 Å². The van der Waals surface area contributed by atoms with Crippen molar-refractivity contribution in [2.75, 3.05) is 5.32 Å². The van der Waals surface area contributed by atoms with E-state index >= 15 is 0 Å². The minimum Gasteiger partial charge on any atom is -0.297 e. The van der Waals surface area contributed by atoms with Crippen molar-refractivity contribution in [3.8, 4) is 11.3 Å². The number of thiophene rings is 1. The summed E-state index contributed by atoms with van der Waals surface area (Å²) in [7, 11) is 0. The summed E-state index contributed by atoms with van der Waals surface area (Å²) in [4.78, 5) is 18.8. The lowest BCUT2D eigenvalue weighted by molar-refractivity contribution is 0.103. The standard InChI is InChI=1S/C28H24N2OS2/c1-3-19-12-14-21(15-13-19)24-17-32-28(29-24)30-27(31)26-23(16-20-10-8-18(2)9-11-20)22-6-4-5-7-25(22)33-26/h4-15,17H,3,16H2,1-2H3,(H,29,30,31). The van der Waals surface area contributed by atoms with Gasteiger partial charge in [-0.3, -0.25) is 10.1 Å². The number of anilines is 1. The molecule has 5 aromatic rings. The lowest BCUT2D eigenvalue weighted by Crippen LogP contribution is -2.12. The fourth-order valence-corrected chi connectivity index (χ4v) is 5.73. The number of benzene rings is 3. The van der Waals surface area contributed by atoms with Gasteiger partial charge in [0.05, 0.1) is 10.6 Å². The number of hydrogen-bond acceptors (Lipinski definition) is 4. The van der Waals surface area contributed by atoms with Crippen LogP contribution in [0.4, 0.5) is 5.13 Å².